The Morgan fingerprint density at radius 2 is 1.97 bits per heavy atom. The minimum Gasteiger partial charge on any atom is -0.497 e. The predicted octanol–water partition coefficient (Wildman–Crippen LogP) is 3.11. The van der Waals surface area contributed by atoms with Gasteiger partial charge in [-0.05, 0) is 36.4 Å². The molecule has 4 aromatic rings. The van der Waals surface area contributed by atoms with Crippen LogP contribution in [0.5, 0.6) is 5.75 Å². The molecule has 0 bridgehead atoms. The molecule has 0 aliphatic carbocycles. The summed E-state index contributed by atoms with van der Waals surface area (Å²) >= 11 is 1.05. The third kappa shape index (κ3) is 5.24. The standard InChI is InChI=1S/C23H20N4O5S/c1-31-16-7-4-6-15(12-16)27-21(29)18-9-2-3-10-19(18)25-23(27)33-14-20(28)26-22(30)24-13-17-8-5-11-32-17/h2-12H,13-14H2,1H3,(H2,24,26,28,30). The summed E-state index contributed by atoms with van der Waals surface area (Å²) < 4.78 is 11.8. The van der Waals surface area contributed by atoms with Gasteiger partial charge in [0.05, 0.1) is 42.3 Å². The van der Waals surface area contributed by atoms with E-state index < -0.39 is 11.9 Å². The van der Waals surface area contributed by atoms with Crippen molar-refractivity contribution < 1.29 is 18.7 Å². The Morgan fingerprint density at radius 1 is 1.12 bits per heavy atom. The zero-order valence-corrected chi connectivity index (χ0v) is 18.4. The number of hydrogen-bond donors (Lipinski definition) is 2. The van der Waals surface area contributed by atoms with Gasteiger partial charge in [-0.25, -0.2) is 9.78 Å². The van der Waals surface area contributed by atoms with Crippen molar-refractivity contribution in [3.05, 3.63) is 83.0 Å². The van der Waals surface area contributed by atoms with Crippen LogP contribution >= 0.6 is 11.8 Å². The lowest BCUT2D eigenvalue weighted by Gasteiger charge is -2.14. The van der Waals surface area contributed by atoms with Gasteiger partial charge in [0.25, 0.3) is 5.56 Å². The maximum absolute atomic E-state index is 13.3. The molecule has 0 spiro atoms. The number of thioether (sulfide) groups is 1. The van der Waals surface area contributed by atoms with E-state index in [9.17, 15) is 14.4 Å². The van der Waals surface area contributed by atoms with Gasteiger partial charge in [0.15, 0.2) is 5.16 Å². The van der Waals surface area contributed by atoms with Crippen LogP contribution in [0.1, 0.15) is 5.76 Å². The largest absolute Gasteiger partial charge is 0.497 e. The number of urea groups is 1. The van der Waals surface area contributed by atoms with Crippen LogP contribution in [-0.2, 0) is 11.3 Å². The number of carbonyl (C=O) groups excluding carboxylic acids is 2. The number of benzene rings is 2. The third-order valence-electron chi connectivity index (χ3n) is 4.65. The summed E-state index contributed by atoms with van der Waals surface area (Å²) in [4.78, 5) is 42.1. The average Bonchev–Trinajstić information content (AvgIpc) is 3.35. The Kier molecular flexibility index (Phi) is 6.75. The van der Waals surface area contributed by atoms with E-state index in [0.29, 0.717) is 33.3 Å². The Hall–Kier alpha value is -4.05. The highest BCUT2D eigenvalue weighted by molar-refractivity contribution is 7.99. The molecule has 0 atom stereocenters. The van der Waals surface area contributed by atoms with Crippen LogP contribution in [0.2, 0.25) is 0 Å². The van der Waals surface area contributed by atoms with Crippen molar-refractivity contribution in [3.8, 4) is 11.4 Å². The highest BCUT2D eigenvalue weighted by Gasteiger charge is 2.16. The number of fused-ring (bicyclic) bond motifs is 1. The second-order valence-electron chi connectivity index (χ2n) is 6.85. The number of amides is 3. The van der Waals surface area contributed by atoms with Crippen molar-refractivity contribution in [2.75, 3.05) is 12.9 Å². The smallest absolute Gasteiger partial charge is 0.321 e. The Labute approximate surface area is 192 Å². The molecule has 0 unspecified atom stereocenters. The minimum absolute atomic E-state index is 0.122. The topological polar surface area (TPSA) is 115 Å². The van der Waals surface area contributed by atoms with Crippen LogP contribution in [0.3, 0.4) is 0 Å². The second kappa shape index (κ2) is 10.0. The van der Waals surface area contributed by atoms with E-state index in [1.165, 1.54) is 17.9 Å². The number of nitrogens with zero attached hydrogens (tertiary/aromatic N) is 2. The number of aromatic nitrogens is 2. The number of imide groups is 1. The van der Waals surface area contributed by atoms with E-state index >= 15 is 0 Å². The number of para-hydroxylation sites is 1. The first-order chi connectivity index (χ1) is 16.0. The maximum atomic E-state index is 13.3. The fourth-order valence-electron chi connectivity index (χ4n) is 3.10. The first-order valence-electron chi connectivity index (χ1n) is 9.94. The van der Waals surface area contributed by atoms with E-state index in [1.807, 2.05) is 0 Å². The van der Waals surface area contributed by atoms with Gasteiger partial charge in [-0.2, -0.15) is 0 Å². The molecule has 0 radical (unpaired) electrons. The normalized spacial score (nSPS) is 10.7. The number of carbonyl (C=O) groups is 2. The average molecular weight is 465 g/mol. The van der Waals surface area contributed by atoms with Crippen LogP contribution < -0.4 is 20.9 Å². The second-order valence-corrected chi connectivity index (χ2v) is 7.79. The van der Waals surface area contributed by atoms with Gasteiger partial charge < -0.3 is 14.5 Å². The number of ether oxygens (including phenoxy) is 1. The lowest BCUT2D eigenvalue weighted by molar-refractivity contribution is -0.117. The predicted molar refractivity (Wildman–Crippen MR) is 124 cm³/mol. The van der Waals surface area contributed by atoms with Crippen molar-refractivity contribution in [2.24, 2.45) is 0 Å². The lowest BCUT2D eigenvalue weighted by atomic mass is 10.2. The van der Waals surface area contributed by atoms with Gasteiger partial charge in [-0.15, -0.1) is 0 Å². The van der Waals surface area contributed by atoms with Crippen LogP contribution in [0.4, 0.5) is 4.79 Å². The van der Waals surface area contributed by atoms with Crippen molar-refractivity contribution >= 4 is 34.6 Å². The molecular weight excluding hydrogens is 444 g/mol. The molecule has 2 aromatic heterocycles. The molecule has 4 rings (SSSR count). The molecule has 0 aliphatic rings. The number of rotatable bonds is 7. The zero-order valence-electron chi connectivity index (χ0n) is 17.6. The molecular formula is C23H20N4O5S. The van der Waals surface area contributed by atoms with Gasteiger partial charge >= 0.3 is 6.03 Å². The highest BCUT2D eigenvalue weighted by atomic mass is 32.2. The first kappa shape index (κ1) is 22.2. The molecule has 0 aliphatic heterocycles. The molecule has 9 nitrogen and oxygen atoms in total. The van der Waals surface area contributed by atoms with Crippen LogP contribution in [0.15, 0.2) is 81.3 Å². The van der Waals surface area contributed by atoms with Crippen LogP contribution in [-0.4, -0.2) is 34.4 Å². The summed E-state index contributed by atoms with van der Waals surface area (Å²) in [5, 5.41) is 5.56. The summed E-state index contributed by atoms with van der Waals surface area (Å²) in [6, 6.07) is 16.8. The lowest BCUT2D eigenvalue weighted by Crippen LogP contribution is -2.40. The molecule has 0 saturated carbocycles. The molecule has 2 heterocycles. The molecule has 2 N–H and O–H groups in total. The van der Waals surface area contributed by atoms with Crippen molar-refractivity contribution in [1.82, 2.24) is 20.2 Å². The number of methoxy groups -OCH3 is 1. The maximum Gasteiger partial charge on any atom is 0.321 e. The van der Waals surface area contributed by atoms with Gasteiger partial charge in [0.2, 0.25) is 5.91 Å². The summed E-state index contributed by atoms with van der Waals surface area (Å²) in [5.74, 6) is 0.490. The molecule has 10 heteroatoms. The number of hydrogen-bond acceptors (Lipinski definition) is 7. The fourth-order valence-corrected chi connectivity index (χ4v) is 3.92. The van der Waals surface area contributed by atoms with Crippen molar-refractivity contribution in [3.63, 3.8) is 0 Å². The Balaban J connectivity index is 1.54. The van der Waals surface area contributed by atoms with E-state index in [0.717, 1.165) is 11.8 Å². The third-order valence-corrected chi connectivity index (χ3v) is 5.58. The van der Waals surface area contributed by atoms with E-state index in [-0.39, 0.29) is 17.9 Å². The summed E-state index contributed by atoms with van der Waals surface area (Å²) in [6.07, 6.45) is 1.50. The SMILES string of the molecule is COc1cccc(-n2c(SCC(=O)NC(=O)NCc3ccco3)nc3ccccc3c2=O)c1. The first-order valence-corrected chi connectivity index (χ1v) is 10.9. The number of nitrogens with one attached hydrogen (secondary N) is 2. The van der Waals surface area contributed by atoms with E-state index in [1.54, 1.807) is 60.7 Å². The Morgan fingerprint density at radius 3 is 2.76 bits per heavy atom. The molecule has 3 amide bonds. The van der Waals surface area contributed by atoms with Gasteiger partial charge in [0.1, 0.15) is 11.5 Å². The van der Waals surface area contributed by atoms with Crippen molar-refractivity contribution in [2.45, 2.75) is 11.7 Å². The molecule has 33 heavy (non-hydrogen) atoms. The van der Waals surface area contributed by atoms with E-state index in [2.05, 4.69) is 15.6 Å². The molecule has 2 aromatic carbocycles. The zero-order chi connectivity index (χ0) is 23.2. The molecule has 0 fully saturated rings. The number of furan rings is 1. The summed E-state index contributed by atoms with van der Waals surface area (Å²) in [5.41, 5.74) is 0.797. The highest BCUT2D eigenvalue weighted by Crippen LogP contribution is 2.23. The van der Waals surface area contributed by atoms with Crippen LogP contribution in [0, 0.1) is 0 Å². The molecule has 168 valence electrons. The van der Waals surface area contributed by atoms with Crippen LogP contribution in [0.25, 0.3) is 16.6 Å². The Bertz CT molecular complexity index is 1350. The fraction of sp³-hybridized carbons (Fsp3) is 0.130. The molecule has 0 saturated heterocycles. The quantitative estimate of drug-likeness (QED) is 0.319. The summed E-state index contributed by atoms with van der Waals surface area (Å²) in [7, 11) is 1.54. The van der Waals surface area contributed by atoms with Crippen molar-refractivity contribution in [1.29, 1.82) is 0 Å². The van der Waals surface area contributed by atoms with Gasteiger partial charge in [0, 0.05) is 6.07 Å². The van der Waals surface area contributed by atoms with E-state index in [4.69, 9.17) is 9.15 Å². The minimum atomic E-state index is -0.645. The summed E-state index contributed by atoms with van der Waals surface area (Å²) in [6.45, 7) is 0.154. The van der Waals surface area contributed by atoms with Gasteiger partial charge in [-0.3, -0.25) is 19.5 Å². The van der Waals surface area contributed by atoms with Gasteiger partial charge in [-0.1, -0.05) is 30.0 Å². The monoisotopic (exact) mass is 464 g/mol.